The van der Waals surface area contributed by atoms with Crippen molar-refractivity contribution in [1.29, 1.82) is 0 Å². The summed E-state index contributed by atoms with van der Waals surface area (Å²) in [4.78, 5) is 2.55. The third kappa shape index (κ3) is 3.12. The first kappa shape index (κ1) is 10.7. The van der Waals surface area contributed by atoms with E-state index >= 15 is 0 Å². The normalized spacial score (nSPS) is 23.0. The van der Waals surface area contributed by atoms with Crippen LogP contribution in [-0.4, -0.2) is 36.6 Å². The highest BCUT2D eigenvalue weighted by Crippen LogP contribution is 2.17. The fraction of sp³-hybridized carbons (Fsp3) is 0.818. The van der Waals surface area contributed by atoms with E-state index in [0.717, 1.165) is 26.1 Å². The molecular weight excluding hydrogens is 160 g/mol. The van der Waals surface area contributed by atoms with Gasteiger partial charge in [0.2, 0.25) is 0 Å². The maximum absolute atomic E-state index is 3.94. The standard InChI is InChI=1S/C11H22N2/c1-10(2)5-7-13-8-6-12-9-11(13,3)4/h12H,1,5-9H2,2-4H3. The highest BCUT2D eigenvalue weighted by atomic mass is 15.2. The first-order valence-electron chi connectivity index (χ1n) is 5.12. The summed E-state index contributed by atoms with van der Waals surface area (Å²) in [7, 11) is 0. The lowest BCUT2D eigenvalue weighted by atomic mass is 9.99. The number of hydrogen-bond donors (Lipinski definition) is 1. The lowest BCUT2D eigenvalue weighted by Crippen LogP contribution is -2.57. The van der Waals surface area contributed by atoms with E-state index in [1.807, 2.05) is 0 Å². The van der Waals surface area contributed by atoms with E-state index in [1.165, 1.54) is 12.1 Å². The molecule has 1 heterocycles. The molecule has 1 aliphatic heterocycles. The summed E-state index contributed by atoms with van der Waals surface area (Å²) in [5.41, 5.74) is 1.60. The van der Waals surface area contributed by atoms with Crippen LogP contribution in [0.15, 0.2) is 12.2 Å². The molecule has 0 saturated carbocycles. The van der Waals surface area contributed by atoms with Crippen LogP contribution in [0.3, 0.4) is 0 Å². The van der Waals surface area contributed by atoms with Crippen LogP contribution in [0.2, 0.25) is 0 Å². The smallest absolute Gasteiger partial charge is 0.0278 e. The second-order valence-electron chi connectivity index (χ2n) is 4.68. The second kappa shape index (κ2) is 4.25. The van der Waals surface area contributed by atoms with Crippen molar-refractivity contribution in [3.8, 4) is 0 Å². The molecule has 1 aliphatic rings. The molecule has 1 N–H and O–H groups in total. The fourth-order valence-corrected chi connectivity index (χ4v) is 1.76. The van der Waals surface area contributed by atoms with Crippen LogP contribution in [0.1, 0.15) is 27.2 Å². The van der Waals surface area contributed by atoms with Crippen molar-refractivity contribution in [3.05, 3.63) is 12.2 Å². The van der Waals surface area contributed by atoms with E-state index in [4.69, 9.17) is 0 Å². The van der Waals surface area contributed by atoms with E-state index in [9.17, 15) is 0 Å². The van der Waals surface area contributed by atoms with Crippen LogP contribution in [0.5, 0.6) is 0 Å². The Morgan fingerprint density at radius 3 is 2.77 bits per heavy atom. The molecule has 0 aromatic carbocycles. The van der Waals surface area contributed by atoms with E-state index in [-0.39, 0.29) is 0 Å². The summed E-state index contributed by atoms with van der Waals surface area (Å²) in [6, 6.07) is 0. The number of nitrogens with zero attached hydrogens (tertiary/aromatic N) is 1. The molecule has 0 unspecified atom stereocenters. The second-order valence-corrected chi connectivity index (χ2v) is 4.68. The number of hydrogen-bond acceptors (Lipinski definition) is 2. The Hall–Kier alpha value is -0.340. The predicted molar refractivity (Wildman–Crippen MR) is 58.0 cm³/mol. The largest absolute Gasteiger partial charge is 0.314 e. The zero-order valence-electron chi connectivity index (χ0n) is 9.19. The third-order valence-corrected chi connectivity index (χ3v) is 2.78. The minimum absolute atomic E-state index is 0.313. The Morgan fingerprint density at radius 2 is 2.23 bits per heavy atom. The molecular formula is C11H22N2. The van der Waals surface area contributed by atoms with Crippen molar-refractivity contribution in [3.63, 3.8) is 0 Å². The molecule has 0 aromatic heterocycles. The van der Waals surface area contributed by atoms with Crippen LogP contribution in [-0.2, 0) is 0 Å². The first-order chi connectivity index (χ1) is 6.02. The van der Waals surface area contributed by atoms with Gasteiger partial charge in [0.15, 0.2) is 0 Å². The molecule has 0 aliphatic carbocycles. The van der Waals surface area contributed by atoms with Crippen LogP contribution in [0, 0.1) is 0 Å². The number of piperazine rings is 1. The molecule has 0 radical (unpaired) electrons. The topological polar surface area (TPSA) is 15.3 Å². The van der Waals surface area contributed by atoms with Crippen molar-refractivity contribution in [2.24, 2.45) is 0 Å². The van der Waals surface area contributed by atoms with Gasteiger partial charge in [0.25, 0.3) is 0 Å². The van der Waals surface area contributed by atoms with Gasteiger partial charge in [-0.2, -0.15) is 0 Å². The summed E-state index contributed by atoms with van der Waals surface area (Å²) in [6.45, 7) is 15.2. The van der Waals surface area contributed by atoms with Gasteiger partial charge in [-0.1, -0.05) is 5.57 Å². The molecule has 0 atom stereocenters. The van der Waals surface area contributed by atoms with Gasteiger partial charge in [0.05, 0.1) is 0 Å². The van der Waals surface area contributed by atoms with Crippen molar-refractivity contribution in [2.75, 3.05) is 26.2 Å². The van der Waals surface area contributed by atoms with E-state index in [0.29, 0.717) is 5.54 Å². The summed E-state index contributed by atoms with van der Waals surface area (Å²) in [5, 5.41) is 3.43. The van der Waals surface area contributed by atoms with Gasteiger partial charge in [-0.25, -0.2) is 0 Å². The van der Waals surface area contributed by atoms with Gasteiger partial charge in [-0.05, 0) is 27.2 Å². The fourth-order valence-electron chi connectivity index (χ4n) is 1.76. The van der Waals surface area contributed by atoms with E-state index in [2.05, 4.69) is 37.6 Å². The molecule has 1 rings (SSSR count). The van der Waals surface area contributed by atoms with Crippen molar-refractivity contribution in [1.82, 2.24) is 10.2 Å². The molecule has 0 spiro atoms. The minimum atomic E-state index is 0.313. The maximum atomic E-state index is 3.94. The SMILES string of the molecule is C=C(C)CCN1CCNCC1(C)C. The average Bonchev–Trinajstić information content (AvgIpc) is 2.01. The van der Waals surface area contributed by atoms with Crippen molar-refractivity contribution >= 4 is 0 Å². The van der Waals surface area contributed by atoms with Gasteiger partial charge >= 0.3 is 0 Å². The molecule has 0 bridgehead atoms. The lowest BCUT2D eigenvalue weighted by Gasteiger charge is -2.43. The summed E-state index contributed by atoms with van der Waals surface area (Å²) < 4.78 is 0. The lowest BCUT2D eigenvalue weighted by molar-refractivity contribution is 0.0922. The van der Waals surface area contributed by atoms with E-state index < -0.39 is 0 Å². The minimum Gasteiger partial charge on any atom is -0.314 e. The van der Waals surface area contributed by atoms with E-state index in [1.54, 1.807) is 0 Å². The molecule has 76 valence electrons. The number of rotatable bonds is 3. The van der Waals surface area contributed by atoms with Crippen LogP contribution in [0.25, 0.3) is 0 Å². The Labute approximate surface area is 82.0 Å². The van der Waals surface area contributed by atoms with Gasteiger partial charge in [0.1, 0.15) is 0 Å². The Bertz CT molecular complexity index is 185. The highest BCUT2D eigenvalue weighted by Gasteiger charge is 2.28. The molecule has 0 amide bonds. The Kier molecular flexibility index (Phi) is 3.51. The van der Waals surface area contributed by atoms with Crippen LogP contribution >= 0.6 is 0 Å². The quantitative estimate of drug-likeness (QED) is 0.667. The maximum Gasteiger partial charge on any atom is 0.0278 e. The molecule has 2 nitrogen and oxygen atoms in total. The van der Waals surface area contributed by atoms with Crippen LogP contribution in [0.4, 0.5) is 0 Å². The monoisotopic (exact) mass is 182 g/mol. The predicted octanol–water partition coefficient (Wildman–Crippen LogP) is 1.64. The van der Waals surface area contributed by atoms with Gasteiger partial charge in [-0.3, -0.25) is 4.90 Å². The molecule has 2 heteroatoms. The van der Waals surface area contributed by atoms with Gasteiger partial charge < -0.3 is 5.32 Å². The zero-order chi connectivity index (χ0) is 9.90. The highest BCUT2D eigenvalue weighted by molar-refractivity contribution is 4.93. The van der Waals surface area contributed by atoms with Gasteiger partial charge in [0, 0.05) is 31.7 Å². The molecule has 0 aromatic rings. The Balaban J connectivity index is 2.41. The molecule has 13 heavy (non-hydrogen) atoms. The summed E-state index contributed by atoms with van der Waals surface area (Å²) in [6.07, 6.45) is 1.13. The summed E-state index contributed by atoms with van der Waals surface area (Å²) in [5.74, 6) is 0. The van der Waals surface area contributed by atoms with Crippen LogP contribution < -0.4 is 5.32 Å². The van der Waals surface area contributed by atoms with Crippen molar-refractivity contribution < 1.29 is 0 Å². The molecule has 1 fully saturated rings. The summed E-state index contributed by atoms with van der Waals surface area (Å²) >= 11 is 0. The van der Waals surface area contributed by atoms with Gasteiger partial charge in [-0.15, -0.1) is 6.58 Å². The molecule has 1 saturated heterocycles. The zero-order valence-corrected chi connectivity index (χ0v) is 9.19. The first-order valence-corrected chi connectivity index (χ1v) is 5.12. The third-order valence-electron chi connectivity index (χ3n) is 2.78. The Morgan fingerprint density at radius 1 is 1.54 bits per heavy atom. The number of nitrogens with one attached hydrogen (secondary N) is 1. The average molecular weight is 182 g/mol. The van der Waals surface area contributed by atoms with Crippen molar-refractivity contribution in [2.45, 2.75) is 32.7 Å².